The first-order valence-corrected chi connectivity index (χ1v) is 12.9. The summed E-state index contributed by atoms with van der Waals surface area (Å²) in [7, 11) is 0. The highest BCUT2D eigenvalue weighted by Crippen LogP contribution is 2.21. The first-order valence-electron chi connectivity index (χ1n) is 12.9. The number of aromatic nitrogens is 2. The second kappa shape index (κ2) is 11.7. The molecule has 0 saturated carbocycles. The van der Waals surface area contributed by atoms with E-state index in [4.69, 9.17) is 4.74 Å². The number of benzene rings is 2. The molecule has 0 radical (unpaired) electrons. The summed E-state index contributed by atoms with van der Waals surface area (Å²) in [5.74, 6) is -0.282. The highest BCUT2D eigenvalue weighted by atomic mass is 19.1. The second-order valence-corrected chi connectivity index (χ2v) is 10.6. The van der Waals surface area contributed by atoms with E-state index in [0.717, 1.165) is 11.1 Å². The lowest BCUT2D eigenvalue weighted by atomic mass is 10.1. The molecule has 1 aromatic heterocycles. The first-order chi connectivity index (χ1) is 18.1. The van der Waals surface area contributed by atoms with Crippen molar-refractivity contribution in [2.45, 2.75) is 46.4 Å². The number of halogens is 1. The summed E-state index contributed by atoms with van der Waals surface area (Å²) in [4.78, 5) is 29.7. The molecule has 38 heavy (non-hydrogen) atoms. The highest BCUT2D eigenvalue weighted by Gasteiger charge is 2.26. The topological polar surface area (TPSA) is 67.7 Å². The van der Waals surface area contributed by atoms with E-state index in [2.05, 4.69) is 10.00 Å². The monoisotopic (exact) mass is 518 g/mol. The van der Waals surface area contributed by atoms with E-state index in [1.54, 1.807) is 30.0 Å². The molecule has 1 fully saturated rings. The van der Waals surface area contributed by atoms with E-state index in [-0.39, 0.29) is 17.5 Å². The number of nitrogens with zero attached hydrogens (tertiary/aromatic N) is 4. The number of aryl methyl sites for hydroxylation is 1. The maximum Gasteiger partial charge on any atom is 0.410 e. The quantitative estimate of drug-likeness (QED) is 0.453. The molecule has 1 saturated heterocycles. The van der Waals surface area contributed by atoms with Gasteiger partial charge in [0.25, 0.3) is 5.56 Å². The van der Waals surface area contributed by atoms with Crippen molar-refractivity contribution in [3.8, 4) is 11.3 Å². The fraction of sp³-hybridized carbons (Fsp3) is 0.367. The molecule has 1 aliphatic rings. The molecule has 0 aliphatic carbocycles. The van der Waals surface area contributed by atoms with Crippen LogP contribution in [0.5, 0.6) is 0 Å². The maximum absolute atomic E-state index is 13.9. The number of carbonyl (C=O) groups is 1. The Morgan fingerprint density at radius 3 is 2.42 bits per heavy atom. The molecule has 2 aromatic carbocycles. The minimum absolute atomic E-state index is 0.167. The van der Waals surface area contributed by atoms with Gasteiger partial charge in [-0.25, -0.2) is 13.9 Å². The van der Waals surface area contributed by atoms with Crippen LogP contribution in [0.2, 0.25) is 0 Å². The van der Waals surface area contributed by atoms with Gasteiger partial charge in [0.1, 0.15) is 11.4 Å². The lowest BCUT2D eigenvalue weighted by molar-refractivity contribution is 0.0138. The van der Waals surface area contributed by atoms with Crippen molar-refractivity contribution < 1.29 is 13.9 Å². The molecule has 0 spiro atoms. The molecule has 0 unspecified atom stereocenters. The minimum Gasteiger partial charge on any atom is -0.444 e. The summed E-state index contributed by atoms with van der Waals surface area (Å²) in [5.41, 5.74) is 2.82. The third-order valence-corrected chi connectivity index (χ3v) is 6.31. The third-order valence-electron chi connectivity index (χ3n) is 6.31. The molecule has 0 atom stereocenters. The fourth-order valence-electron chi connectivity index (χ4n) is 4.29. The molecule has 4 rings (SSSR count). The maximum atomic E-state index is 13.9. The average Bonchev–Trinajstić information content (AvgIpc) is 2.88. The van der Waals surface area contributed by atoms with Crippen LogP contribution < -0.4 is 5.56 Å². The SMILES string of the molecule is Cc1cc(-c2cc(CN3CCN(C(=O)OC(C)(C)C)CC3)c(=O)n(CC=Cc3ccccc3)n2)ccc1F. The number of hydrogen-bond acceptors (Lipinski definition) is 5. The van der Waals surface area contributed by atoms with Gasteiger partial charge in [-0.2, -0.15) is 5.10 Å². The molecule has 3 aromatic rings. The van der Waals surface area contributed by atoms with Crippen molar-refractivity contribution in [1.82, 2.24) is 19.6 Å². The summed E-state index contributed by atoms with van der Waals surface area (Å²) < 4.78 is 20.9. The molecule has 7 nitrogen and oxygen atoms in total. The zero-order valence-corrected chi connectivity index (χ0v) is 22.5. The Labute approximate surface area is 223 Å². The molecule has 1 aliphatic heterocycles. The van der Waals surface area contributed by atoms with Crippen LogP contribution in [0.15, 0.2) is 65.5 Å². The largest absolute Gasteiger partial charge is 0.444 e. The van der Waals surface area contributed by atoms with Crippen LogP contribution in [-0.4, -0.2) is 57.5 Å². The summed E-state index contributed by atoms with van der Waals surface area (Å²) >= 11 is 0. The van der Waals surface area contributed by atoms with E-state index in [0.29, 0.717) is 56.1 Å². The van der Waals surface area contributed by atoms with Gasteiger partial charge in [0, 0.05) is 43.9 Å². The van der Waals surface area contributed by atoms with E-state index >= 15 is 0 Å². The number of hydrogen-bond donors (Lipinski definition) is 0. The second-order valence-electron chi connectivity index (χ2n) is 10.6. The molecule has 0 N–H and O–H groups in total. The molecule has 8 heteroatoms. The van der Waals surface area contributed by atoms with Gasteiger partial charge in [-0.05, 0) is 63.1 Å². The summed E-state index contributed by atoms with van der Waals surface area (Å²) in [6.45, 7) is 10.3. The minimum atomic E-state index is -0.541. The Kier molecular flexibility index (Phi) is 8.42. The Morgan fingerprint density at radius 2 is 1.76 bits per heavy atom. The molecule has 1 amide bonds. The van der Waals surface area contributed by atoms with Crippen LogP contribution in [0.25, 0.3) is 17.3 Å². The number of piperazine rings is 1. The summed E-state index contributed by atoms with van der Waals surface area (Å²) in [6, 6.07) is 16.5. The van der Waals surface area contributed by atoms with Crippen LogP contribution in [0.4, 0.5) is 9.18 Å². The number of rotatable bonds is 6. The van der Waals surface area contributed by atoms with Crippen molar-refractivity contribution in [1.29, 1.82) is 0 Å². The highest BCUT2D eigenvalue weighted by molar-refractivity contribution is 5.68. The van der Waals surface area contributed by atoms with Crippen molar-refractivity contribution in [2.75, 3.05) is 26.2 Å². The lowest BCUT2D eigenvalue weighted by Crippen LogP contribution is -2.50. The first kappa shape index (κ1) is 27.3. The molecule has 0 bridgehead atoms. The van der Waals surface area contributed by atoms with Crippen LogP contribution in [0.3, 0.4) is 0 Å². The summed E-state index contributed by atoms with van der Waals surface area (Å²) in [5, 5.41) is 4.61. The zero-order chi connectivity index (χ0) is 27.3. The van der Waals surface area contributed by atoms with Gasteiger partial charge in [0.15, 0.2) is 0 Å². The average molecular weight is 519 g/mol. The van der Waals surface area contributed by atoms with Crippen LogP contribution in [-0.2, 0) is 17.8 Å². The Morgan fingerprint density at radius 1 is 1.05 bits per heavy atom. The van der Waals surface area contributed by atoms with Gasteiger partial charge in [0.05, 0.1) is 12.2 Å². The van der Waals surface area contributed by atoms with Gasteiger partial charge in [-0.1, -0.05) is 42.5 Å². The van der Waals surface area contributed by atoms with Crippen molar-refractivity contribution in [3.63, 3.8) is 0 Å². The normalized spacial score (nSPS) is 14.7. The Bertz CT molecular complexity index is 1350. The Hall–Kier alpha value is -3.78. The predicted molar refractivity (Wildman–Crippen MR) is 147 cm³/mol. The Balaban J connectivity index is 1.55. The number of allylic oxidation sites excluding steroid dienone is 1. The van der Waals surface area contributed by atoms with E-state index in [1.165, 1.54) is 10.7 Å². The smallest absolute Gasteiger partial charge is 0.410 e. The standard InChI is InChI=1S/C30H35FN4O3/c1-22-19-24(12-13-26(22)31)27-20-25(21-33-15-17-34(18-16-33)29(37)38-30(2,3)4)28(36)35(32-27)14-8-11-23-9-6-5-7-10-23/h5-13,19-20H,14-18,21H2,1-4H3. The van der Waals surface area contributed by atoms with Gasteiger partial charge in [0.2, 0.25) is 0 Å². The number of carbonyl (C=O) groups excluding carboxylic acids is 1. The van der Waals surface area contributed by atoms with Crippen molar-refractivity contribution >= 4 is 12.2 Å². The van der Waals surface area contributed by atoms with Gasteiger partial charge < -0.3 is 9.64 Å². The fourth-order valence-corrected chi connectivity index (χ4v) is 4.29. The number of amides is 1. The van der Waals surface area contributed by atoms with E-state index in [9.17, 15) is 14.0 Å². The number of ether oxygens (including phenoxy) is 1. The third kappa shape index (κ3) is 7.16. The molecule has 2 heterocycles. The summed E-state index contributed by atoms with van der Waals surface area (Å²) in [6.07, 6.45) is 3.55. The molecular formula is C30H35FN4O3. The van der Waals surface area contributed by atoms with Gasteiger partial charge >= 0.3 is 6.09 Å². The molecular weight excluding hydrogens is 483 g/mol. The predicted octanol–water partition coefficient (Wildman–Crippen LogP) is 5.12. The van der Waals surface area contributed by atoms with Crippen LogP contribution in [0, 0.1) is 12.7 Å². The van der Waals surface area contributed by atoms with Crippen molar-refractivity contribution in [2.24, 2.45) is 0 Å². The van der Waals surface area contributed by atoms with E-state index < -0.39 is 5.60 Å². The lowest BCUT2D eigenvalue weighted by Gasteiger charge is -2.35. The van der Waals surface area contributed by atoms with E-state index in [1.807, 2.05) is 63.3 Å². The zero-order valence-electron chi connectivity index (χ0n) is 22.5. The molecule has 200 valence electrons. The van der Waals surface area contributed by atoms with Gasteiger partial charge in [-0.3, -0.25) is 9.69 Å². The van der Waals surface area contributed by atoms with Crippen molar-refractivity contribution in [3.05, 3.63) is 93.5 Å². The van der Waals surface area contributed by atoms with Crippen LogP contribution in [0.1, 0.15) is 37.5 Å². The van der Waals surface area contributed by atoms with Crippen LogP contribution >= 0.6 is 0 Å². The van der Waals surface area contributed by atoms with Gasteiger partial charge in [-0.15, -0.1) is 0 Å².